The first-order valence-corrected chi connectivity index (χ1v) is 11.9. The van der Waals surface area contributed by atoms with Crippen molar-refractivity contribution in [2.24, 2.45) is 0 Å². The molecule has 1 fully saturated rings. The number of nitrogens with zero attached hydrogens (tertiary/aromatic N) is 2. The van der Waals surface area contributed by atoms with Crippen molar-refractivity contribution in [3.63, 3.8) is 0 Å². The summed E-state index contributed by atoms with van der Waals surface area (Å²) in [6.45, 7) is 3.00. The van der Waals surface area contributed by atoms with Crippen molar-refractivity contribution in [2.45, 2.75) is 38.8 Å². The summed E-state index contributed by atoms with van der Waals surface area (Å²) < 4.78 is 5.74. The van der Waals surface area contributed by atoms with Crippen LogP contribution in [0.2, 0.25) is 0 Å². The molecule has 1 amide bonds. The lowest BCUT2D eigenvalue weighted by atomic mass is 9.99. The van der Waals surface area contributed by atoms with Crippen LogP contribution in [0.1, 0.15) is 48.2 Å². The molecule has 1 N–H and O–H groups in total. The Bertz CT molecular complexity index is 1120. The van der Waals surface area contributed by atoms with Crippen molar-refractivity contribution in [1.82, 2.24) is 9.88 Å². The van der Waals surface area contributed by atoms with Gasteiger partial charge in [-0.25, -0.2) is 0 Å². The molecule has 1 atom stereocenters. The second-order valence-corrected chi connectivity index (χ2v) is 8.86. The fourth-order valence-electron chi connectivity index (χ4n) is 3.88. The van der Waals surface area contributed by atoms with E-state index in [0.717, 1.165) is 29.7 Å². The minimum absolute atomic E-state index is 0.1000. The Morgan fingerprint density at radius 2 is 1.94 bits per heavy atom. The largest absolute Gasteiger partial charge is 0.507 e. The molecule has 0 saturated carbocycles. The minimum Gasteiger partial charge on any atom is -0.507 e. The van der Waals surface area contributed by atoms with Crippen LogP contribution in [0.3, 0.4) is 0 Å². The van der Waals surface area contributed by atoms with Gasteiger partial charge in [-0.1, -0.05) is 31.9 Å². The van der Waals surface area contributed by atoms with E-state index in [9.17, 15) is 14.7 Å². The number of unbranched alkanes of at least 4 members (excludes halogenated alkanes) is 2. The average Bonchev–Trinajstić information content (AvgIpc) is 3.45. The zero-order valence-electron chi connectivity index (χ0n) is 18.4. The van der Waals surface area contributed by atoms with Gasteiger partial charge < -0.3 is 14.7 Å². The third-order valence-electron chi connectivity index (χ3n) is 5.57. The van der Waals surface area contributed by atoms with Crippen molar-refractivity contribution in [3.8, 4) is 5.75 Å². The first kappa shape index (κ1) is 22.7. The van der Waals surface area contributed by atoms with E-state index >= 15 is 0 Å². The third-order valence-corrected chi connectivity index (χ3v) is 6.50. The van der Waals surface area contributed by atoms with Crippen LogP contribution >= 0.6 is 11.3 Å². The number of likely N-dealkylation sites (tertiary alicyclic amines) is 1. The van der Waals surface area contributed by atoms with Crippen molar-refractivity contribution in [1.29, 1.82) is 0 Å². The lowest BCUT2D eigenvalue weighted by molar-refractivity contribution is -0.140. The van der Waals surface area contributed by atoms with Crippen LogP contribution in [-0.2, 0) is 16.1 Å². The van der Waals surface area contributed by atoms with E-state index in [1.54, 1.807) is 42.7 Å². The average molecular weight is 463 g/mol. The summed E-state index contributed by atoms with van der Waals surface area (Å²) in [7, 11) is 0. The standard InChI is InChI=1S/C26H26N2O4S/c1-2-3-4-14-32-20-11-9-19(10-12-20)24(29)22-23(21-8-6-15-33-21)28(26(31)25(22)30)17-18-7-5-13-27-16-18/h5-13,15-16,23,29H,2-4,14,17H2,1H3/b24-22-. The number of carbonyl (C=O) groups is 2. The Labute approximate surface area is 197 Å². The molecule has 0 bridgehead atoms. The highest BCUT2D eigenvalue weighted by molar-refractivity contribution is 7.10. The number of benzene rings is 1. The van der Waals surface area contributed by atoms with Crippen LogP contribution < -0.4 is 4.74 Å². The van der Waals surface area contributed by atoms with Crippen molar-refractivity contribution < 1.29 is 19.4 Å². The lowest BCUT2D eigenvalue weighted by Gasteiger charge is -2.24. The minimum atomic E-state index is -0.685. The number of ether oxygens (including phenoxy) is 1. The van der Waals surface area contributed by atoms with Gasteiger partial charge in [0, 0.05) is 29.4 Å². The summed E-state index contributed by atoms with van der Waals surface area (Å²) >= 11 is 1.44. The molecule has 33 heavy (non-hydrogen) atoms. The predicted molar refractivity (Wildman–Crippen MR) is 128 cm³/mol. The van der Waals surface area contributed by atoms with Gasteiger partial charge in [-0.2, -0.15) is 0 Å². The molecule has 1 aliphatic rings. The van der Waals surface area contributed by atoms with Gasteiger partial charge in [-0.05, 0) is 53.8 Å². The Morgan fingerprint density at radius 3 is 2.61 bits per heavy atom. The maximum atomic E-state index is 13.1. The smallest absolute Gasteiger partial charge is 0.295 e. The van der Waals surface area contributed by atoms with E-state index in [0.29, 0.717) is 17.9 Å². The number of rotatable bonds is 9. The topological polar surface area (TPSA) is 79.7 Å². The SMILES string of the molecule is CCCCCOc1ccc(/C(O)=C2/C(=O)C(=O)N(Cc3cccnc3)C2c2cccs2)cc1. The van der Waals surface area contributed by atoms with Crippen molar-refractivity contribution in [3.05, 3.63) is 87.9 Å². The Hall–Kier alpha value is -3.45. The quantitative estimate of drug-likeness (QED) is 0.201. The van der Waals surface area contributed by atoms with Gasteiger partial charge in [-0.3, -0.25) is 14.6 Å². The number of ketones is 1. The van der Waals surface area contributed by atoms with Crippen LogP contribution in [0.15, 0.2) is 71.9 Å². The molecule has 0 radical (unpaired) electrons. The van der Waals surface area contributed by atoms with E-state index in [4.69, 9.17) is 4.74 Å². The van der Waals surface area contributed by atoms with Gasteiger partial charge in [0.1, 0.15) is 11.5 Å². The van der Waals surface area contributed by atoms with Gasteiger partial charge in [-0.15, -0.1) is 11.3 Å². The fraction of sp³-hybridized carbons (Fsp3) is 0.269. The molecule has 7 heteroatoms. The molecule has 6 nitrogen and oxygen atoms in total. The molecule has 4 rings (SSSR count). The summed E-state index contributed by atoms with van der Waals surface area (Å²) in [5.41, 5.74) is 1.38. The van der Waals surface area contributed by atoms with Gasteiger partial charge in [0.2, 0.25) is 0 Å². The van der Waals surface area contributed by atoms with Gasteiger partial charge in [0.25, 0.3) is 11.7 Å². The van der Waals surface area contributed by atoms with Gasteiger partial charge >= 0.3 is 0 Å². The summed E-state index contributed by atoms with van der Waals surface area (Å²) in [6.07, 6.45) is 6.55. The predicted octanol–water partition coefficient (Wildman–Crippen LogP) is 5.33. The van der Waals surface area contributed by atoms with E-state index in [1.807, 2.05) is 23.6 Å². The van der Waals surface area contributed by atoms with Crippen LogP contribution in [0.4, 0.5) is 0 Å². The number of pyridine rings is 1. The molecule has 0 spiro atoms. The van der Waals surface area contributed by atoms with Crippen molar-refractivity contribution in [2.75, 3.05) is 6.61 Å². The van der Waals surface area contributed by atoms with E-state index < -0.39 is 17.7 Å². The number of hydrogen-bond acceptors (Lipinski definition) is 6. The molecule has 170 valence electrons. The number of Topliss-reactive ketones (excluding diaryl/α,β-unsaturated/α-hetero) is 1. The molecule has 0 aliphatic carbocycles. The highest BCUT2D eigenvalue weighted by Crippen LogP contribution is 2.41. The highest BCUT2D eigenvalue weighted by atomic mass is 32.1. The molecule has 1 aliphatic heterocycles. The molecule has 3 heterocycles. The molecule has 2 aromatic heterocycles. The number of thiophene rings is 1. The van der Waals surface area contributed by atoms with Gasteiger partial charge in [0.05, 0.1) is 18.2 Å². The molecular weight excluding hydrogens is 436 g/mol. The third kappa shape index (κ3) is 4.98. The number of aliphatic hydroxyl groups excluding tert-OH is 1. The Kier molecular flexibility index (Phi) is 7.19. The normalized spacial score (nSPS) is 17.5. The summed E-state index contributed by atoms with van der Waals surface area (Å²) in [4.78, 5) is 32.5. The monoisotopic (exact) mass is 462 g/mol. The zero-order chi connectivity index (χ0) is 23.2. The second-order valence-electron chi connectivity index (χ2n) is 7.88. The number of aromatic nitrogens is 1. The van der Waals surface area contributed by atoms with Crippen LogP contribution in [-0.4, -0.2) is 33.3 Å². The first-order chi connectivity index (χ1) is 16.1. The van der Waals surface area contributed by atoms with Crippen LogP contribution in [0.25, 0.3) is 5.76 Å². The number of aliphatic hydroxyl groups is 1. The van der Waals surface area contributed by atoms with Crippen molar-refractivity contribution >= 4 is 28.8 Å². The van der Waals surface area contributed by atoms with E-state index in [1.165, 1.54) is 16.2 Å². The first-order valence-electron chi connectivity index (χ1n) is 11.0. The number of amides is 1. The molecular formula is C26H26N2O4S. The number of hydrogen-bond donors (Lipinski definition) is 1. The summed E-state index contributed by atoms with van der Waals surface area (Å²) in [5.74, 6) is -0.795. The summed E-state index contributed by atoms with van der Waals surface area (Å²) in [5, 5.41) is 13.0. The van der Waals surface area contributed by atoms with E-state index in [2.05, 4.69) is 11.9 Å². The Balaban J connectivity index is 1.65. The molecule has 1 saturated heterocycles. The zero-order valence-corrected chi connectivity index (χ0v) is 19.3. The molecule has 1 aromatic carbocycles. The van der Waals surface area contributed by atoms with Crippen LogP contribution in [0.5, 0.6) is 5.75 Å². The molecule has 1 unspecified atom stereocenters. The Morgan fingerprint density at radius 1 is 1.12 bits per heavy atom. The maximum absolute atomic E-state index is 13.1. The van der Waals surface area contributed by atoms with Gasteiger partial charge in [0.15, 0.2) is 0 Å². The fourth-order valence-corrected chi connectivity index (χ4v) is 4.73. The van der Waals surface area contributed by atoms with Crippen LogP contribution in [0, 0.1) is 0 Å². The molecule has 3 aromatic rings. The lowest BCUT2D eigenvalue weighted by Crippen LogP contribution is -2.28. The summed E-state index contributed by atoms with van der Waals surface area (Å²) in [6, 6.07) is 13.7. The number of carbonyl (C=O) groups excluding carboxylic acids is 2. The maximum Gasteiger partial charge on any atom is 0.295 e. The van der Waals surface area contributed by atoms with E-state index in [-0.39, 0.29) is 17.9 Å². The second kappa shape index (κ2) is 10.4. The highest BCUT2D eigenvalue weighted by Gasteiger charge is 2.46.